The van der Waals surface area contributed by atoms with Crippen LogP contribution in [0.2, 0.25) is 8.67 Å². The van der Waals surface area contributed by atoms with E-state index < -0.39 is 0 Å². The highest BCUT2D eigenvalue weighted by Gasteiger charge is 2.18. The second-order valence-electron chi connectivity index (χ2n) is 4.66. The molecule has 1 unspecified atom stereocenters. The van der Waals surface area contributed by atoms with Crippen molar-refractivity contribution in [3.8, 4) is 5.75 Å². The fourth-order valence-electron chi connectivity index (χ4n) is 2.48. The van der Waals surface area contributed by atoms with E-state index in [0.29, 0.717) is 8.67 Å². The number of hydrogen-bond acceptors (Lipinski definition) is 3. The highest BCUT2D eigenvalue weighted by Crippen LogP contribution is 2.39. The summed E-state index contributed by atoms with van der Waals surface area (Å²) in [6, 6.07) is 13.4. The van der Waals surface area contributed by atoms with Crippen LogP contribution in [0.3, 0.4) is 0 Å². The van der Waals surface area contributed by atoms with E-state index in [-0.39, 0.29) is 6.04 Å². The maximum Gasteiger partial charge on any atom is 0.126 e. The fraction of sp³-hybridized carbons (Fsp3) is 0.125. The van der Waals surface area contributed by atoms with Crippen molar-refractivity contribution in [2.45, 2.75) is 6.04 Å². The molecule has 0 aliphatic rings. The molecule has 2 nitrogen and oxygen atoms in total. The van der Waals surface area contributed by atoms with Crippen LogP contribution in [-0.4, -0.2) is 7.11 Å². The standard InChI is InChI=1S/C16H13Cl2NOS/c1-20-13-7-6-11(9-4-2-3-5-10(9)13)15(19)12-8-14(17)21-16(12)18/h2-8,15H,19H2,1H3. The van der Waals surface area contributed by atoms with Crippen LogP contribution in [0.25, 0.3) is 10.8 Å². The van der Waals surface area contributed by atoms with Crippen molar-refractivity contribution in [2.24, 2.45) is 5.73 Å². The summed E-state index contributed by atoms with van der Waals surface area (Å²) in [5, 5.41) is 2.09. The molecule has 1 atom stereocenters. The summed E-state index contributed by atoms with van der Waals surface area (Å²) in [5.74, 6) is 0.830. The predicted molar refractivity (Wildman–Crippen MR) is 90.9 cm³/mol. The fourth-order valence-corrected chi connectivity index (χ4v) is 4.03. The molecule has 108 valence electrons. The highest BCUT2D eigenvalue weighted by atomic mass is 35.5. The Morgan fingerprint density at radius 2 is 1.76 bits per heavy atom. The number of rotatable bonds is 3. The van der Waals surface area contributed by atoms with Gasteiger partial charge in [0.15, 0.2) is 0 Å². The Bertz CT molecular complexity index is 800. The molecule has 0 aliphatic heterocycles. The minimum absolute atomic E-state index is 0.322. The molecule has 0 amide bonds. The Hall–Kier alpha value is -1.26. The summed E-state index contributed by atoms with van der Waals surface area (Å²) in [4.78, 5) is 0. The smallest absolute Gasteiger partial charge is 0.126 e. The van der Waals surface area contributed by atoms with Crippen molar-refractivity contribution < 1.29 is 4.74 Å². The van der Waals surface area contributed by atoms with Crippen LogP contribution in [0, 0.1) is 0 Å². The van der Waals surface area contributed by atoms with Crippen molar-refractivity contribution >= 4 is 45.3 Å². The van der Waals surface area contributed by atoms with E-state index in [1.54, 1.807) is 7.11 Å². The normalized spacial score (nSPS) is 12.6. The zero-order valence-corrected chi connectivity index (χ0v) is 13.6. The third-order valence-corrected chi connectivity index (χ3v) is 5.01. The van der Waals surface area contributed by atoms with Crippen molar-refractivity contribution in [3.05, 3.63) is 62.3 Å². The van der Waals surface area contributed by atoms with E-state index in [9.17, 15) is 0 Å². The summed E-state index contributed by atoms with van der Waals surface area (Å²) in [5.41, 5.74) is 8.26. The number of hydrogen-bond donors (Lipinski definition) is 1. The average Bonchev–Trinajstić information content (AvgIpc) is 2.84. The van der Waals surface area contributed by atoms with Gasteiger partial charge in [0.25, 0.3) is 0 Å². The average molecular weight is 338 g/mol. The molecule has 0 radical (unpaired) electrons. The van der Waals surface area contributed by atoms with Gasteiger partial charge in [-0.05, 0) is 23.1 Å². The SMILES string of the molecule is COc1ccc(C(N)c2cc(Cl)sc2Cl)c2ccccc12. The van der Waals surface area contributed by atoms with E-state index in [1.165, 1.54) is 11.3 Å². The Morgan fingerprint density at radius 3 is 2.38 bits per heavy atom. The molecule has 0 saturated carbocycles. The highest BCUT2D eigenvalue weighted by molar-refractivity contribution is 7.20. The Morgan fingerprint density at radius 1 is 1.05 bits per heavy atom. The first-order valence-corrected chi connectivity index (χ1v) is 7.95. The molecule has 2 aromatic carbocycles. The summed E-state index contributed by atoms with van der Waals surface area (Å²) < 4.78 is 6.68. The lowest BCUT2D eigenvalue weighted by Crippen LogP contribution is -2.12. The van der Waals surface area contributed by atoms with Crippen molar-refractivity contribution in [3.63, 3.8) is 0 Å². The molecular weight excluding hydrogens is 325 g/mol. The largest absolute Gasteiger partial charge is 0.496 e. The molecule has 3 aromatic rings. The van der Waals surface area contributed by atoms with Gasteiger partial charge >= 0.3 is 0 Å². The van der Waals surface area contributed by atoms with Crippen LogP contribution in [-0.2, 0) is 0 Å². The van der Waals surface area contributed by atoms with Crippen LogP contribution < -0.4 is 10.5 Å². The second kappa shape index (κ2) is 5.85. The van der Waals surface area contributed by atoms with E-state index in [1.807, 2.05) is 42.5 Å². The van der Waals surface area contributed by atoms with Gasteiger partial charge in [-0.15, -0.1) is 11.3 Å². The first-order valence-electron chi connectivity index (χ1n) is 6.37. The molecule has 0 saturated heterocycles. The lowest BCUT2D eigenvalue weighted by molar-refractivity contribution is 0.419. The first kappa shape index (κ1) is 14.7. The maximum atomic E-state index is 6.41. The number of fused-ring (bicyclic) bond motifs is 1. The summed E-state index contributed by atoms with van der Waals surface area (Å²) in [7, 11) is 1.66. The quantitative estimate of drug-likeness (QED) is 0.706. The van der Waals surface area contributed by atoms with E-state index in [0.717, 1.165) is 27.6 Å². The maximum absolute atomic E-state index is 6.41. The van der Waals surface area contributed by atoms with Crippen LogP contribution in [0.5, 0.6) is 5.75 Å². The predicted octanol–water partition coefficient (Wildman–Crippen LogP) is 5.26. The molecule has 3 rings (SSSR count). The van der Waals surface area contributed by atoms with Gasteiger partial charge in [-0.3, -0.25) is 0 Å². The summed E-state index contributed by atoms with van der Waals surface area (Å²) >= 11 is 13.6. The molecule has 0 spiro atoms. The number of methoxy groups -OCH3 is 1. The number of halogens is 2. The van der Waals surface area contributed by atoms with Gasteiger partial charge < -0.3 is 10.5 Å². The van der Waals surface area contributed by atoms with Crippen molar-refractivity contribution in [2.75, 3.05) is 7.11 Å². The van der Waals surface area contributed by atoms with Crippen molar-refractivity contribution in [1.82, 2.24) is 0 Å². The third-order valence-electron chi connectivity index (χ3n) is 3.49. The molecule has 0 fully saturated rings. The first-order chi connectivity index (χ1) is 10.1. The van der Waals surface area contributed by atoms with Gasteiger partial charge in [-0.25, -0.2) is 0 Å². The molecule has 5 heteroatoms. The van der Waals surface area contributed by atoms with Crippen LogP contribution >= 0.6 is 34.5 Å². The third kappa shape index (κ3) is 2.62. The topological polar surface area (TPSA) is 35.2 Å². The van der Waals surface area contributed by atoms with Gasteiger partial charge in [0.05, 0.1) is 21.8 Å². The zero-order chi connectivity index (χ0) is 15.0. The van der Waals surface area contributed by atoms with Gasteiger partial charge in [0.1, 0.15) is 5.75 Å². The molecule has 1 aromatic heterocycles. The van der Waals surface area contributed by atoms with Crippen LogP contribution in [0.4, 0.5) is 0 Å². The molecule has 21 heavy (non-hydrogen) atoms. The molecular formula is C16H13Cl2NOS. The molecule has 1 heterocycles. The molecule has 0 bridgehead atoms. The monoisotopic (exact) mass is 337 g/mol. The van der Waals surface area contributed by atoms with E-state index >= 15 is 0 Å². The minimum Gasteiger partial charge on any atom is -0.496 e. The van der Waals surface area contributed by atoms with Crippen molar-refractivity contribution in [1.29, 1.82) is 0 Å². The number of thiophene rings is 1. The number of nitrogens with two attached hydrogens (primary N) is 1. The Kier molecular flexibility index (Phi) is 4.09. The zero-order valence-electron chi connectivity index (χ0n) is 11.3. The summed E-state index contributed by atoms with van der Waals surface area (Å²) in [6.45, 7) is 0. The Balaban J connectivity index is 2.19. The van der Waals surface area contributed by atoms with Gasteiger partial charge in [-0.2, -0.15) is 0 Å². The summed E-state index contributed by atoms with van der Waals surface area (Å²) in [6.07, 6.45) is 0. The second-order valence-corrected chi connectivity index (χ2v) is 6.95. The van der Waals surface area contributed by atoms with E-state index in [2.05, 4.69) is 0 Å². The number of benzene rings is 2. The van der Waals surface area contributed by atoms with Gasteiger partial charge in [0.2, 0.25) is 0 Å². The van der Waals surface area contributed by atoms with Crippen LogP contribution in [0.15, 0.2) is 42.5 Å². The van der Waals surface area contributed by atoms with Gasteiger partial charge in [-0.1, -0.05) is 53.5 Å². The van der Waals surface area contributed by atoms with E-state index in [4.69, 9.17) is 33.7 Å². The lowest BCUT2D eigenvalue weighted by atomic mass is 9.95. The Labute approximate surface area is 137 Å². The van der Waals surface area contributed by atoms with Gasteiger partial charge in [0, 0.05) is 10.9 Å². The molecule has 2 N–H and O–H groups in total. The lowest BCUT2D eigenvalue weighted by Gasteiger charge is -2.16. The minimum atomic E-state index is -0.322. The molecule has 0 aliphatic carbocycles. The number of ether oxygens (including phenoxy) is 1. The van der Waals surface area contributed by atoms with Crippen LogP contribution in [0.1, 0.15) is 17.2 Å².